The van der Waals surface area contributed by atoms with E-state index in [4.69, 9.17) is 5.11 Å². The second kappa shape index (κ2) is 6.29. The van der Waals surface area contributed by atoms with Crippen LogP contribution in [0, 0.1) is 24.0 Å². The van der Waals surface area contributed by atoms with Crippen molar-refractivity contribution in [3.8, 4) is 0 Å². The molecule has 0 saturated heterocycles. The lowest BCUT2D eigenvalue weighted by atomic mass is 10.1. The van der Waals surface area contributed by atoms with Crippen molar-refractivity contribution >= 4 is 15.7 Å². The van der Waals surface area contributed by atoms with Crippen molar-refractivity contribution in [3.63, 3.8) is 0 Å². The van der Waals surface area contributed by atoms with Crippen LogP contribution in [0.2, 0.25) is 0 Å². The number of nitro groups is 1. The molecule has 8 heteroatoms. The largest absolute Gasteiger partial charge is 0.395 e. The number of hydrogen-bond donors (Lipinski definition) is 2. The van der Waals surface area contributed by atoms with Crippen LogP contribution >= 0.6 is 0 Å². The number of aliphatic hydroxyl groups is 1. The van der Waals surface area contributed by atoms with Crippen molar-refractivity contribution in [2.24, 2.45) is 0 Å². The molecule has 0 spiro atoms. The van der Waals surface area contributed by atoms with Crippen LogP contribution in [0.3, 0.4) is 0 Å². The van der Waals surface area contributed by atoms with Crippen LogP contribution in [0.1, 0.15) is 24.5 Å². The van der Waals surface area contributed by atoms with Gasteiger partial charge >= 0.3 is 0 Å². The zero-order valence-electron chi connectivity index (χ0n) is 11.6. The fourth-order valence-corrected chi connectivity index (χ4v) is 3.11. The summed E-state index contributed by atoms with van der Waals surface area (Å²) in [5.41, 5.74) is 0.724. The Bertz CT molecular complexity index is 609. The molecule has 112 valence electrons. The smallest absolute Gasteiger partial charge is 0.273 e. The molecule has 0 aliphatic carbocycles. The number of nitro benzene ring substituents is 1. The van der Waals surface area contributed by atoms with Gasteiger partial charge in [-0.3, -0.25) is 10.1 Å². The van der Waals surface area contributed by atoms with Crippen molar-refractivity contribution in [2.75, 3.05) is 6.61 Å². The van der Waals surface area contributed by atoms with Gasteiger partial charge in [0.1, 0.15) is 0 Å². The van der Waals surface area contributed by atoms with Crippen LogP contribution in [0.4, 0.5) is 5.69 Å². The number of aryl methyl sites for hydroxylation is 1. The predicted octanol–water partition coefficient (Wildman–Crippen LogP) is 1.26. The van der Waals surface area contributed by atoms with Gasteiger partial charge in [-0.1, -0.05) is 6.92 Å². The molecule has 0 aromatic heterocycles. The van der Waals surface area contributed by atoms with Gasteiger partial charge in [0.25, 0.3) is 5.69 Å². The first kappa shape index (κ1) is 16.5. The molecule has 0 fully saturated rings. The molecule has 1 atom stereocenters. The Labute approximate surface area is 117 Å². The Hall–Kier alpha value is -1.51. The summed E-state index contributed by atoms with van der Waals surface area (Å²) in [7, 11) is -3.89. The first-order chi connectivity index (χ1) is 9.22. The Morgan fingerprint density at radius 2 is 2.00 bits per heavy atom. The van der Waals surface area contributed by atoms with E-state index in [2.05, 4.69) is 4.72 Å². The molecule has 1 aromatic rings. The quantitative estimate of drug-likeness (QED) is 0.607. The summed E-state index contributed by atoms with van der Waals surface area (Å²) < 4.78 is 26.6. The molecule has 2 N–H and O–H groups in total. The predicted molar refractivity (Wildman–Crippen MR) is 74.1 cm³/mol. The van der Waals surface area contributed by atoms with E-state index in [0.29, 0.717) is 17.5 Å². The number of aliphatic hydroxyl groups excluding tert-OH is 1. The van der Waals surface area contributed by atoms with Crippen LogP contribution in [0.5, 0.6) is 0 Å². The summed E-state index contributed by atoms with van der Waals surface area (Å²) in [6.45, 7) is 4.58. The van der Waals surface area contributed by atoms with Crippen molar-refractivity contribution < 1.29 is 18.4 Å². The number of nitrogens with one attached hydrogen (secondary N) is 1. The fraction of sp³-hybridized carbons (Fsp3) is 0.500. The van der Waals surface area contributed by atoms with Crippen LogP contribution in [-0.2, 0) is 10.0 Å². The summed E-state index contributed by atoms with van der Waals surface area (Å²) in [6.07, 6.45) is 0.419. The number of rotatable bonds is 6. The van der Waals surface area contributed by atoms with E-state index < -0.39 is 21.0 Å². The third-order valence-corrected chi connectivity index (χ3v) is 4.66. The van der Waals surface area contributed by atoms with Gasteiger partial charge in [-0.05, 0) is 31.9 Å². The highest BCUT2D eigenvalue weighted by Crippen LogP contribution is 2.25. The molecule has 7 nitrogen and oxygen atoms in total. The van der Waals surface area contributed by atoms with Gasteiger partial charge in [0.15, 0.2) is 0 Å². The van der Waals surface area contributed by atoms with Crippen molar-refractivity contribution in [2.45, 2.75) is 38.1 Å². The Kier molecular flexibility index (Phi) is 5.21. The van der Waals surface area contributed by atoms with Gasteiger partial charge in [0.05, 0.1) is 16.4 Å². The molecule has 1 rings (SSSR count). The molecule has 20 heavy (non-hydrogen) atoms. The van der Waals surface area contributed by atoms with E-state index in [0.717, 1.165) is 6.07 Å². The van der Waals surface area contributed by atoms with Crippen LogP contribution in [-0.4, -0.2) is 31.1 Å². The number of nitrogens with zero attached hydrogens (tertiary/aromatic N) is 1. The van der Waals surface area contributed by atoms with Gasteiger partial charge in [0, 0.05) is 17.7 Å². The Morgan fingerprint density at radius 1 is 1.40 bits per heavy atom. The number of hydrogen-bond acceptors (Lipinski definition) is 5. The molecule has 1 unspecified atom stereocenters. The van der Waals surface area contributed by atoms with Gasteiger partial charge < -0.3 is 5.11 Å². The van der Waals surface area contributed by atoms with E-state index in [9.17, 15) is 18.5 Å². The van der Waals surface area contributed by atoms with Crippen molar-refractivity contribution in [1.82, 2.24) is 4.72 Å². The number of sulfonamides is 1. The SMILES string of the molecule is CCC(CO)NS(=O)(=O)c1cc(C)c(C)c([N+](=O)[O-])c1. The standard InChI is InChI=1S/C12H18N2O5S/c1-4-10(7-15)13-20(18,19)11-5-8(2)9(3)12(6-11)14(16)17/h5-6,10,13,15H,4,7H2,1-3H3. The molecule has 0 saturated carbocycles. The van der Waals surface area contributed by atoms with Crippen molar-refractivity contribution in [1.29, 1.82) is 0 Å². The summed E-state index contributed by atoms with van der Waals surface area (Å²) in [5.74, 6) is 0. The maximum absolute atomic E-state index is 12.2. The van der Waals surface area contributed by atoms with E-state index in [1.807, 2.05) is 0 Å². The summed E-state index contributed by atoms with van der Waals surface area (Å²) in [4.78, 5) is 10.2. The first-order valence-electron chi connectivity index (χ1n) is 6.11. The molecule has 0 radical (unpaired) electrons. The monoisotopic (exact) mass is 302 g/mol. The summed E-state index contributed by atoms with van der Waals surface area (Å²) in [6, 6.07) is 1.81. The van der Waals surface area contributed by atoms with E-state index in [1.165, 1.54) is 6.07 Å². The Balaban J connectivity index is 3.29. The fourth-order valence-electron chi connectivity index (χ4n) is 1.69. The minimum absolute atomic E-state index is 0.167. The average molecular weight is 302 g/mol. The van der Waals surface area contributed by atoms with E-state index in [1.54, 1.807) is 20.8 Å². The molecular formula is C12H18N2O5S. The molecule has 0 aliphatic rings. The van der Waals surface area contributed by atoms with Crippen LogP contribution in [0.25, 0.3) is 0 Å². The number of benzene rings is 1. The molecule has 0 aliphatic heterocycles. The van der Waals surface area contributed by atoms with Crippen LogP contribution in [0.15, 0.2) is 17.0 Å². The van der Waals surface area contributed by atoms with E-state index >= 15 is 0 Å². The van der Waals surface area contributed by atoms with Gasteiger partial charge in [-0.25, -0.2) is 13.1 Å². The zero-order valence-corrected chi connectivity index (χ0v) is 12.4. The summed E-state index contributed by atoms with van der Waals surface area (Å²) in [5, 5.41) is 20.0. The Morgan fingerprint density at radius 3 is 2.45 bits per heavy atom. The minimum atomic E-state index is -3.89. The van der Waals surface area contributed by atoms with Gasteiger partial charge in [-0.2, -0.15) is 0 Å². The maximum atomic E-state index is 12.2. The van der Waals surface area contributed by atoms with E-state index in [-0.39, 0.29) is 17.2 Å². The lowest BCUT2D eigenvalue weighted by Crippen LogP contribution is -2.36. The third kappa shape index (κ3) is 3.53. The first-order valence-corrected chi connectivity index (χ1v) is 7.60. The average Bonchev–Trinajstić information content (AvgIpc) is 2.38. The maximum Gasteiger partial charge on any atom is 0.273 e. The lowest BCUT2D eigenvalue weighted by Gasteiger charge is -2.15. The second-order valence-electron chi connectivity index (χ2n) is 4.55. The zero-order chi connectivity index (χ0) is 15.5. The van der Waals surface area contributed by atoms with Crippen molar-refractivity contribution in [3.05, 3.63) is 33.4 Å². The molecular weight excluding hydrogens is 284 g/mol. The minimum Gasteiger partial charge on any atom is -0.395 e. The topological polar surface area (TPSA) is 110 Å². The molecule has 1 aromatic carbocycles. The van der Waals surface area contributed by atoms with Gasteiger partial charge in [0.2, 0.25) is 10.0 Å². The highest BCUT2D eigenvalue weighted by molar-refractivity contribution is 7.89. The normalized spacial score (nSPS) is 13.2. The molecule has 0 bridgehead atoms. The lowest BCUT2D eigenvalue weighted by molar-refractivity contribution is -0.385. The van der Waals surface area contributed by atoms with Crippen LogP contribution < -0.4 is 4.72 Å². The van der Waals surface area contributed by atoms with Gasteiger partial charge in [-0.15, -0.1) is 0 Å². The second-order valence-corrected chi connectivity index (χ2v) is 6.26. The molecule has 0 amide bonds. The molecule has 0 heterocycles. The highest BCUT2D eigenvalue weighted by atomic mass is 32.2. The highest BCUT2D eigenvalue weighted by Gasteiger charge is 2.23. The third-order valence-electron chi connectivity index (χ3n) is 3.16. The summed E-state index contributed by atoms with van der Waals surface area (Å²) >= 11 is 0.